The number of nitrogens with one attached hydrogen (secondary N) is 1. The molecule has 1 fully saturated rings. The SMILES string of the molecule is N#Cc1cccc(-c2c(C(=O)NCCN3CCOCC3)nc3sccn23)c1. The number of benzene rings is 1. The number of carbonyl (C=O) groups excluding carboxylic acids is 1. The van der Waals surface area contributed by atoms with Gasteiger partial charge >= 0.3 is 0 Å². The molecule has 27 heavy (non-hydrogen) atoms. The highest BCUT2D eigenvalue weighted by Gasteiger charge is 2.21. The van der Waals surface area contributed by atoms with Gasteiger partial charge in [0.25, 0.3) is 5.91 Å². The van der Waals surface area contributed by atoms with Crippen LogP contribution in [0.1, 0.15) is 16.1 Å². The van der Waals surface area contributed by atoms with Crippen molar-refractivity contribution in [3.05, 3.63) is 47.1 Å². The standard InChI is InChI=1S/C19H19N5O2S/c20-13-14-2-1-3-15(12-14)17-16(22-19-24(17)8-11-27-19)18(25)21-4-5-23-6-9-26-10-7-23/h1-3,8,11-12H,4-7,9-10H2,(H,21,25). The Morgan fingerprint density at radius 1 is 1.37 bits per heavy atom. The molecule has 4 rings (SSSR count). The third kappa shape index (κ3) is 3.71. The van der Waals surface area contributed by atoms with Crippen molar-refractivity contribution in [2.45, 2.75) is 0 Å². The average molecular weight is 381 g/mol. The molecule has 0 unspecified atom stereocenters. The molecule has 1 aliphatic rings. The number of thiazole rings is 1. The Balaban J connectivity index is 1.56. The molecule has 1 aliphatic heterocycles. The highest BCUT2D eigenvalue weighted by Crippen LogP contribution is 2.28. The summed E-state index contributed by atoms with van der Waals surface area (Å²) < 4.78 is 7.24. The summed E-state index contributed by atoms with van der Waals surface area (Å²) in [5, 5.41) is 14.1. The fourth-order valence-electron chi connectivity index (χ4n) is 3.19. The lowest BCUT2D eigenvalue weighted by Crippen LogP contribution is -2.41. The Kier molecular flexibility index (Phi) is 5.16. The van der Waals surface area contributed by atoms with Gasteiger partial charge in [-0.05, 0) is 12.1 Å². The van der Waals surface area contributed by atoms with Crippen molar-refractivity contribution in [3.8, 4) is 17.3 Å². The molecule has 1 aromatic carbocycles. The van der Waals surface area contributed by atoms with Crippen LogP contribution in [0.25, 0.3) is 16.2 Å². The maximum Gasteiger partial charge on any atom is 0.272 e. The van der Waals surface area contributed by atoms with Crippen molar-refractivity contribution in [2.24, 2.45) is 0 Å². The summed E-state index contributed by atoms with van der Waals surface area (Å²) in [5.74, 6) is -0.198. The summed E-state index contributed by atoms with van der Waals surface area (Å²) in [6, 6.07) is 9.39. The van der Waals surface area contributed by atoms with E-state index in [0.717, 1.165) is 43.4 Å². The Morgan fingerprint density at radius 3 is 3.04 bits per heavy atom. The van der Waals surface area contributed by atoms with E-state index < -0.39 is 0 Å². The minimum absolute atomic E-state index is 0.198. The van der Waals surface area contributed by atoms with Gasteiger partial charge in [0.2, 0.25) is 0 Å². The molecule has 2 aromatic heterocycles. The van der Waals surface area contributed by atoms with E-state index in [1.54, 1.807) is 12.1 Å². The first-order valence-electron chi connectivity index (χ1n) is 8.80. The lowest BCUT2D eigenvalue weighted by atomic mass is 10.1. The van der Waals surface area contributed by atoms with Gasteiger partial charge in [0.05, 0.1) is 30.5 Å². The number of hydrogen-bond donors (Lipinski definition) is 1. The minimum atomic E-state index is -0.198. The predicted octanol–water partition coefficient (Wildman–Crippen LogP) is 2.00. The molecule has 1 saturated heterocycles. The number of rotatable bonds is 5. The maximum atomic E-state index is 12.8. The average Bonchev–Trinajstić information content (AvgIpc) is 3.30. The fourth-order valence-corrected chi connectivity index (χ4v) is 3.91. The van der Waals surface area contributed by atoms with Crippen LogP contribution in [0.4, 0.5) is 0 Å². The van der Waals surface area contributed by atoms with Crippen LogP contribution in [0.5, 0.6) is 0 Å². The van der Waals surface area contributed by atoms with Crippen LogP contribution in [0.2, 0.25) is 0 Å². The smallest absolute Gasteiger partial charge is 0.272 e. The molecule has 3 aromatic rings. The minimum Gasteiger partial charge on any atom is -0.379 e. The van der Waals surface area contributed by atoms with Gasteiger partial charge in [-0.1, -0.05) is 12.1 Å². The van der Waals surface area contributed by atoms with E-state index in [2.05, 4.69) is 21.3 Å². The van der Waals surface area contributed by atoms with E-state index in [4.69, 9.17) is 4.74 Å². The third-order valence-corrected chi connectivity index (χ3v) is 5.32. The van der Waals surface area contributed by atoms with Gasteiger partial charge in [-0.25, -0.2) is 4.98 Å². The molecular weight excluding hydrogens is 362 g/mol. The van der Waals surface area contributed by atoms with Crippen molar-refractivity contribution in [2.75, 3.05) is 39.4 Å². The largest absolute Gasteiger partial charge is 0.379 e. The monoisotopic (exact) mass is 381 g/mol. The highest BCUT2D eigenvalue weighted by molar-refractivity contribution is 7.15. The molecule has 0 atom stereocenters. The number of fused-ring (bicyclic) bond motifs is 1. The van der Waals surface area contributed by atoms with Gasteiger partial charge in [-0.15, -0.1) is 11.3 Å². The van der Waals surface area contributed by atoms with Crippen molar-refractivity contribution < 1.29 is 9.53 Å². The second-order valence-electron chi connectivity index (χ2n) is 6.27. The summed E-state index contributed by atoms with van der Waals surface area (Å²) in [6.45, 7) is 4.61. The van der Waals surface area contributed by atoms with Crippen LogP contribution in [-0.2, 0) is 4.74 Å². The molecule has 138 valence electrons. The molecule has 0 bridgehead atoms. The van der Waals surface area contributed by atoms with Crippen LogP contribution in [0, 0.1) is 11.3 Å². The van der Waals surface area contributed by atoms with E-state index in [1.165, 1.54) is 11.3 Å². The predicted molar refractivity (Wildman–Crippen MR) is 103 cm³/mol. The van der Waals surface area contributed by atoms with Crippen molar-refractivity contribution >= 4 is 22.2 Å². The van der Waals surface area contributed by atoms with E-state index in [1.807, 2.05) is 28.1 Å². The summed E-state index contributed by atoms with van der Waals surface area (Å²) in [7, 11) is 0. The van der Waals surface area contributed by atoms with Crippen molar-refractivity contribution in [1.29, 1.82) is 5.26 Å². The van der Waals surface area contributed by atoms with Gasteiger partial charge in [0.15, 0.2) is 10.7 Å². The molecule has 0 aliphatic carbocycles. The van der Waals surface area contributed by atoms with Crippen LogP contribution in [0.3, 0.4) is 0 Å². The van der Waals surface area contributed by atoms with Crippen LogP contribution in [-0.4, -0.2) is 59.6 Å². The van der Waals surface area contributed by atoms with Crippen LogP contribution >= 0.6 is 11.3 Å². The quantitative estimate of drug-likeness (QED) is 0.731. The van der Waals surface area contributed by atoms with Gasteiger partial charge in [-0.3, -0.25) is 14.1 Å². The number of nitriles is 1. The Morgan fingerprint density at radius 2 is 2.22 bits per heavy atom. The molecule has 0 saturated carbocycles. The number of nitrogens with zero attached hydrogens (tertiary/aromatic N) is 4. The van der Waals surface area contributed by atoms with Crippen molar-refractivity contribution in [1.82, 2.24) is 19.6 Å². The van der Waals surface area contributed by atoms with Crippen molar-refractivity contribution in [3.63, 3.8) is 0 Å². The molecule has 1 N–H and O–H groups in total. The number of amides is 1. The van der Waals surface area contributed by atoms with Gasteiger partial charge < -0.3 is 10.1 Å². The highest BCUT2D eigenvalue weighted by atomic mass is 32.1. The van der Waals surface area contributed by atoms with Gasteiger partial charge in [0, 0.05) is 43.3 Å². The van der Waals surface area contributed by atoms with Gasteiger partial charge in [-0.2, -0.15) is 5.26 Å². The Labute approximate surface area is 160 Å². The van der Waals surface area contributed by atoms with E-state index in [-0.39, 0.29) is 5.91 Å². The zero-order valence-corrected chi connectivity index (χ0v) is 15.5. The molecule has 1 amide bonds. The first-order valence-corrected chi connectivity index (χ1v) is 9.68. The van der Waals surface area contributed by atoms with E-state index in [0.29, 0.717) is 23.5 Å². The second kappa shape index (κ2) is 7.88. The first-order chi connectivity index (χ1) is 13.3. The Bertz CT molecular complexity index is 997. The van der Waals surface area contributed by atoms with Crippen LogP contribution < -0.4 is 5.32 Å². The lowest BCUT2D eigenvalue weighted by molar-refractivity contribution is 0.0383. The first kappa shape index (κ1) is 17.7. The number of morpholine rings is 1. The molecule has 0 radical (unpaired) electrons. The third-order valence-electron chi connectivity index (χ3n) is 4.56. The topological polar surface area (TPSA) is 82.7 Å². The number of ether oxygens (including phenoxy) is 1. The summed E-state index contributed by atoms with van der Waals surface area (Å²) in [6.07, 6.45) is 1.89. The number of imidazole rings is 1. The summed E-state index contributed by atoms with van der Waals surface area (Å²) >= 11 is 1.48. The number of hydrogen-bond acceptors (Lipinski definition) is 6. The van der Waals surface area contributed by atoms with E-state index >= 15 is 0 Å². The maximum absolute atomic E-state index is 12.8. The Hall–Kier alpha value is -2.73. The number of aromatic nitrogens is 2. The molecule has 0 spiro atoms. The zero-order chi connectivity index (χ0) is 18.6. The molecule has 7 nitrogen and oxygen atoms in total. The van der Waals surface area contributed by atoms with Crippen LogP contribution in [0.15, 0.2) is 35.8 Å². The fraction of sp³-hybridized carbons (Fsp3) is 0.316. The second-order valence-corrected chi connectivity index (χ2v) is 7.14. The summed E-state index contributed by atoms with van der Waals surface area (Å²) in [4.78, 5) is 20.4. The number of carbonyl (C=O) groups is 1. The lowest BCUT2D eigenvalue weighted by Gasteiger charge is -2.26. The summed E-state index contributed by atoms with van der Waals surface area (Å²) in [5.41, 5.74) is 2.46. The van der Waals surface area contributed by atoms with E-state index in [9.17, 15) is 10.1 Å². The normalized spacial score (nSPS) is 14.9. The molecule has 8 heteroatoms. The van der Waals surface area contributed by atoms with Gasteiger partial charge in [0.1, 0.15) is 0 Å². The zero-order valence-electron chi connectivity index (χ0n) is 14.7. The molecular formula is C19H19N5O2S. The molecule has 3 heterocycles.